The Bertz CT molecular complexity index is 714. The van der Waals surface area contributed by atoms with E-state index in [0.717, 1.165) is 16.3 Å². The van der Waals surface area contributed by atoms with Gasteiger partial charge in [-0.15, -0.1) is 0 Å². The molecule has 1 saturated heterocycles. The van der Waals surface area contributed by atoms with Gasteiger partial charge in [0.1, 0.15) is 12.1 Å². The van der Waals surface area contributed by atoms with Gasteiger partial charge in [0.2, 0.25) is 5.88 Å². The monoisotopic (exact) mass is 298 g/mol. The highest BCUT2D eigenvalue weighted by Crippen LogP contribution is 2.26. The van der Waals surface area contributed by atoms with Gasteiger partial charge >= 0.3 is 5.97 Å². The van der Waals surface area contributed by atoms with Crippen LogP contribution in [0.4, 0.5) is 0 Å². The van der Waals surface area contributed by atoms with Crippen molar-refractivity contribution in [1.82, 2.24) is 10.3 Å². The van der Waals surface area contributed by atoms with Crippen LogP contribution in [-0.2, 0) is 9.53 Å². The Morgan fingerprint density at radius 3 is 3.09 bits per heavy atom. The summed E-state index contributed by atoms with van der Waals surface area (Å²) in [4.78, 5) is 15.9. The van der Waals surface area contributed by atoms with E-state index in [9.17, 15) is 4.79 Å². The highest BCUT2D eigenvalue weighted by Gasteiger charge is 2.31. The molecular weight excluding hydrogens is 280 g/mol. The molecule has 1 aliphatic rings. The number of esters is 1. The highest BCUT2D eigenvalue weighted by molar-refractivity contribution is 5.88. The van der Waals surface area contributed by atoms with E-state index in [-0.39, 0.29) is 18.1 Å². The molecule has 0 amide bonds. The van der Waals surface area contributed by atoms with E-state index in [0.29, 0.717) is 18.8 Å². The van der Waals surface area contributed by atoms with Gasteiger partial charge in [0, 0.05) is 24.5 Å². The summed E-state index contributed by atoms with van der Waals surface area (Å²) in [5.41, 5.74) is 1.02. The number of hydrogen-bond donors (Lipinski definition) is 1. The van der Waals surface area contributed by atoms with E-state index < -0.39 is 0 Å². The summed E-state index contributed by atoms with van der Waals surface area (Å²) in [7, 11) is 1.39. The van der Waals surface area contributed by atoms with Crippen LogP contribution >= 0.6 is 0 Å². The van der Waals surface area contributed by atoms with Gasteiger partial charge in [-0.05, 0) is 23.1 Å². The number of aromatic nitrogens is 1. The number of carbonyl (C=O) groups is 1. The van der Waals surface area contributed by atoms with Crippen LogP contribution in [-0.4, -0.2) is 36.8 Å². The van der Waals surface area contributed by atoms with Gasteiger partial charge in [-0.3, -0.25) is 4.79 Å². The van der Waals surface area contributed by atoms with Crippen molar-refractivity contribution >= 4 is 22.8 Å². The lowest BCUT2D eigenvalue weighted by Gasteiger charge is -2.14. The Hall–Kier alpha value is -2.40. The molecule has 22 heavy (non-hydrogen) atoms. The molecular formula is C17H18N2O3. The molecule has 1 unspecified atom stereocenters. The molecule has 2 atom stereocenters. The third-order valence-electron chi connectivity index (χ3n) is 3.84. The zero-order valence-electron chi connectivity index (χ0n) is 12.4. The Balaban J connectivity index is 1.82. The molecule has 0 aliphatic carbocycles. The molecule has 1 aromatic heterocycles. The second-order valence-corrected chi connectivity index (χ2v) is 5.26. The number of nitrogens with zero attached hydrogens (tertiary/aromatic N) is 1. The maximum Gasteiger partial charge on any atom is 0.323 e. The molecule has 0 spiro atoms. The molecule has 114 valence electrons. The zero-order valence-corrected chi connectivity index (χ0v) is 12.4. The van der Waals surface area contributed by atoms with Gasteiger partial charge in [0.15, 0.2) is 0 Å². The van der Waals surface area contributed by atoms with E-state index in [2.05, 4.69) is 16.9 Å². The minimum Gasteiger partial charge on any atom is -0.472 e. The third-order valence-corrected chi connectivity index (χ3v) is 3.84. The van der Waals surface area contributed by atoms with Crippen LogP contribution in [0.3, 0.4) is 0 Å². The summed E-state index contributed by atoms with van der Waals surface area (Å²) >= 11 is 0. The Labute approximate surface area is 128 Å². The number of carbonyl (C=O) groups excluding carboxylic acids is 1. The first-order valence-corrected chi connectivity index (χ1v) is 7.20. The third kappa shape index (κ3) is 2.80. The molecule has 5 heteroatoms. The topological polar surface area (TPSA) is 60.5 Å². The van der Waals surface area contributed by atoms with Gasteiger partial charge in [-0.1, -0.05) is 24.8 Å². The number of benzene rings is 1. The SMILES string of the molecule is C=Cc1ccc2ccnc(OC3CN[C@H](C(=O)OC)C3)c2c1. The Kier molecular flexibility index (Phi) is 4.06. The number of rotatable bonds is 4. The predicted octanol–water partition coefficient (Wildman–Crippen LogP) is 2.16. The van der Waals surface area contributed by atoms with Gasteiger partial charge in [0.25, 0.3) is 0 Å². The fourth-order valence-corrected chi connectivity index (χ4v) is 2.65. The molecule has 1 aliphatic heterocycles. The second-order valence-electron chi connectivity index (χ2n) is 5.26. The van der Waals surface area contributed by atoms with Crippen LogP contribution in [0.25, 0.3) is 16.8 Å². The molecule has 1 fully saturated rings. The van der Waals surface area contributed by atoms with Crippen LogP contribution < -0.4 is 10.1 Å². The summed E-state index contributed by atoms with van der Waals surface area (Å²) in [6, 6.07) is 7.66. The van der Waals surface area contributed by atoms with Crippen molar-refractivity contribution in [2.75, 3.05) is 13.7 Å². The van der Waals surface area contributed by atoms with E-state index >= 15 is 0 Å². The molecule has 0 bridgehead atoms. The van der Waals surface area contributed by atoms with E-state index in [1.807, 2.05) is 24.3 Å². The summed E-state index contributed by atoms with van der Waals surface area (Å²) in [6.45, 7) is 4.38. The quantitative estimate of drug-likeness (QED) is 0.877. The lowest BCUT2D eigenvalue weighted by Crippen LogP contribution is -2.31. The Morgan fingerprint density at radius 1 is 1.45 bits per heavy atom. The van der Waals surface area contributed by atoms with Crippen LogP contribution in [0, 0.1) is 0 Å². The van der Waals surface area contributed by atoms with Crippen molar-refractivity contribution < 1.29 is 14.3 Å². The summed E-state index contributed by atoms with van der Waals surface area (Å²) in [5, 5.41) is 5.11. The van der Waals surface area contributed by atoms with Crippen LogP contribution in [0.5, 0.6) is 5.88 Å². The summed E-state index contributed by atoms with van der Waals surface area (Å²) in [5.74, 6) is 0.324. The number of fused-ring (bicyclic) bond motifs is 1. The smallest absolute Gasteiger partial charge is 0.323 e. The van der Waals surface area contributed by atoms with E-state index in [1.54, 1.807) is 12.3 Å². The van der Waals surface area contributed by atoms with Gasteiger partial charge in [-0.25, -0.2) is 4.98 Å². The van der Waals surface area contributed by atoms with Crippen molar-refractivity contribution in [3.8, 4) is 5.88 Å². The first-order chi connectivity index (χ1) is 10.7. The number of ether oxygens (including phenoxy) is 2. The van der Waals surface area contributed by atoms with Gasteiger partial charge in [0.05, 0.1) is 7.11 Å². The van der Waals surface area contributed by atoms with Crippen molar-refractivity contribution in [1.29, 1.82) is 0 Å². The lowest BCUT2D eigenvalue weighted by atomic mass is 10.1. The standard InChI is InChI=1S/C17H18N2O3/c1-3-11-4-5-12-6-7-18-16(14(12)8-11)22-13-9-15(19-10-13)17(20)21-2/h3-8,13,15,19H,1,9-10H2,2H3/t13?,15-/m0/s1. The fourth-order valence-electron chi connectivity index (χ4n) is 2.65. The maximum absolute atomic E-state index is 11.5. The molecule has 0 radical (unpaired) electrons. The fraction of sp³-hybridized carbons (Fsp3) is 0.294. The molecule has 1 aromatic carbocycles. The van der Waals surface area contributed by atoms with E-state index in [1.165, 1.54) is 7.11 Å². The highest BCUT2D eigenvalue weighted by atomic mass is 16.5. The van der Waals surface area contributed by atoms with Gasteiger partial charge < -0.3 is 14.8 Å². The van der Waals surface area contributed by atoms with Crippen molar-refractivity contribution in [3.63, 3.8) is 0 Å². The normalized spacial score (nSPS) is 20.8. The van der Waals surface area contributed by atoms with Crippen molar-refractivity contribution in [2.24, 2.45) is 0 Å². The average molecular weight is 298 g/mol. The molecule has 0 saturated carbocycles. The summed E-state index contributed by atoms with van der Waals surface area (Å²) in [6.07, 6.45) is 3.99. The first-order valence-electron chi connectivity index (χ1n) is 7.20. The lowest BCUT2D eigenvalue weighted by molar-refractivity contribution is -0.142. The van der Waals surface area contributed by atoms with Gasteiger partial charge in [-0.2, -0.15) is 0 Å². The summed E-state index contributed by atoms with van der Waals surface area (Å²) < 4.78 is 10.7. The molecule has 3 rings (SSSR count). The number of methoxy groups -OCH3 is 1. The predicted molar refractivity (Wildman–Crippen MR) is 84.7 cm³/mol. The van der Waals surface area contributed by atoms with Crippen LogP contribution in [0.15, 0.2) is 37.0 Å². The van der Waals surface area contributed by atoms with Crippen molar-refractivity contribution in [2.45, 2.75) is 18.6 Å². The van der Waals surface area contributed by atoms with Crippen LogP contribution in [0.1, 0.15) is 12.0 Å². The second kappa shape index (κ2) is 6.15. The van der Waals surface area contributed by atoms with Crippen molar-refractivity contribution in [3.05, 3.63) is 42.6 Å². The number of hydrogen-bond acceptors (Lipinski definition) is 5. The van der Waals surface area contributed by atoms with E-state index in [4.69, 9.17) is 9.47 Å². The zero-order chi connectivity index (χ0) is 15.5. The minimum atomic E-state index is -0.311. The number of nitrogens with one attached hydrogen (secondary N) is 1. The molecule has 1 N–H and O–H groups in total. The first kappa shape index (κ1) is 14.5. The molecule has 2 heterocycles. The Morgan fingerprint density at radius 2 is 2.32 bits per heavy atom. The molecule has 5 nitrogen and oxygen atoms in total. The average Bonchev–Trinajstić information content (AvgIpc) is 3.02. The molecule has 2 aromatic rings. The van der Waals surface area contributed by atoms with Crippen LogP contribution in [0.2, 0.25) is 0 Å². The maximum atomic E-state index is 11.5. The largest absolute Gasteiger partial charge is 0.472 e. The minimum absolute atomic E-state index is 0.102. The number of pyridine rings is 1.